The van der Waals surface area contributed by atoms with Crippen LogP contribution in [0, 0.1) is 4.78 Å². The molecule has 5 nitrogen and oxygen atoms in total. The maximum absolute atomic E-state index is 12.5. The normalized spacial score (nSPS) is 13.0. The minimum absolute atomic E-state index is 0.264. The molecule has 2 aromatic carbocycles. The zero-order chi connectivity index (χ0) is 18.7. The van der Waals surface area contributed by atoms with Gasteiger partial charge in [-0.15, -0.1) is 11.3 Å². The van der Waals surface area contributed by atoms with Crippen LogP contribution in [0.15, 0.2) is 60.0 Å². The average molecular weight is 406 g/mol. The summed E-state index contributed by atoms with van der Waals surface area (Å²) >= 11 is 7.54. The van der Waals surface area contributed by atoms with Gasteiger partial charge in [0.2, 0.25) is 0 Å². The molecule has 0 aliphatic carbocycles. The Bertz CT molecular complexity index is 1050. The van der Waals surface area contributed by atoms with Gasteiger partial charge in [-0.3, -0.25) is 9.52 Å². The molecule has 26 heavy (non-hydrogen) atoms. The first kappa shape index (κ1) is 18.4. The summed E-state index contributed by atoms with van der Waals surface area (Å²) in [5, 5.41) is 4.94. The van der Waals surface area contributed by atoms with Crippen LogP contribution in [0.25, 0.3) is 10.4 Å². The Morgan fingerprint density at radius 1 is 1.12 bits per heavy atom. The van der Waals surface area contributed by atoms with E-state index in [0.717, 1.165) is 10.4 Å². The number of carbonyl (C=O) groups is 1. The number of anilines is 2. The molecule has 0 bridgehead atoms. The van der Waals surface area contributed by atoms with Crippen molar-refractivity contribution in [3.63, 3.8) is 0 Å². The van der Waals surface area contributed by atoms with E-state index in [4.69, 9.17) is 16.4 Å². The molecule has 3 aromatic rings. The SMILES string of the molecule is CS(=N)(=O)Nc1cc(Cl)cc(NC(=O)c2csc(-c3ccccc3)c2)c1. The zero-order valence-corrected chi connectivity index (χ0v) is 16.2. The van der Waals surface area contributed by atoms with E-state index in [1.807, 2.05) is 36.4 Å². The first-order chi connectivity index (χ1) is 12.3. The van der Waals surface area contributed by atoms with Gasteiger partial charge in [0.25, 0.3) is 5.91 Å². The minimum atomic E-state index is -2.94. The number of nitrogens with one attached hydrogen (secondary N) is 3. The van der Waals surface area contributed by atoms with Gasteiger partial charge in [-0.1, -0.05) is 41.9 Å². The van der Waals surface area contributed by atoms with Crippen molar-refractivity contribution in [1.82, 2.24) is 0 Å². The van der Waals surface area contributed by atoms with Gasteiger partial charge >= 0.3 is 0 Å². The van der Waals surface area contributed by atoms with Crippen LogP contribution in [0.5, 0.6) is 0 Å². The molecule has 1 amide bonds. The third-order valence-electron chi connectivity index (χ3n) is 3.39. The summed E-state index contributed by atoms with van der Waals surface area (Å²) in [5.41, 5.74) is 2.47. The molecule has 0 fully saturated rings. The molecular weight excluding hydrogens is 390 g/mol. The van der Waals surface area contributed by atoms with Gasteiger partial charge in [0.1, 0.15) is 9.92 Å². The van der Waals surface area contributed by atoms with Crippen LogP contribution >= 0.6 is 22.9 Å². The molecule has 1 unspecified atom stereocenters. The fourth-order valence-corrected chi connectivity index (χ4v) is 4.06. The van der Waals surface area contributed by atoms with E-state index in [0.29, 0.717) is 22.0 Å². The molecule has 3 N–H and O–H groups in total. The fraction of sp³-hybridized carbons (Fsp3) is 0.0556. The smallest absolute Gasteiger partial charge is 0.256 e. The highest BCUT2D eigenvalue weighted by atomic mass is 35.5. The quantitative estimate of drug-likeness (QED) is 0.536. The first-order valence-corrected chi connectivity index (χ1v) is 10.8. The van der Waals surface area contributed by atoms with Crippen LogP contribution in [-0.2, 0) is 9.92 Å². The first-order valence-electron chi connectivity index (χ1n) is 7.57. The molecule has 0 aliphatic heterocycles. The van der Waals surface area contributed by atoms with Crippen molar-refractivity contribution in [2.75, 3.05) is 16.3 Å². The van der Waals surface area contributed by atoms with Gasteiger partial charge in [-0.05, 0) is 29.8 Å². The maximum atomic E-state index is 12.5. The highest BCUT2D eigenvalue weighted by Gasteiger charge is 2.11. The van der Waals surface area contributed by atoms with Crippen molar-refractivity contribution < 1.29 is 9.00 Å². The number of hydrogen-bond acceptors (Lipinski definition) is 4. The summed E-state index contributed by atoms with van der Waals surface area (Å²) in [4.78, 5) is 13.5. The number of benzene rings is 2. The van der Waals surface area contributed by atoms with Gasteiger partial charge in [0.05, 0.1) is 11.3 Å². The van der Waals surface area contributed by atoms with Crippen LogP contribution in [0.4, 0.5) is 11.4 Å². The van der Waals surface area contributed by atoms with Crippen molar-refractivity contribution in [3.8, 4) is 10.4 Å². The summed E-state index contributed by atoms with van der Waals surface area (Å²) < 4.78 is 21.6. The zero-order valence-electron chi connectivity index (χ0n) is 13.8. The molecular formula is C18H16ClN3O2S2. The minimum Gasteiger partial charge on any atom is -0.322 e. The monoisotopic (exact) mass is 405 g/mol. The van der Waals surface area contributed by atoms with Gasteiger partial charge in [0.15, 0.2) is 0 Å². The van der Waals surface area contributed by atoms with E-state index in [9.17, 15) is 9.00 Å². The molecule has 0 saturated heterocycles. The summed E-state index contributed by atoms with van der Waals surface area (Å²) in [6.07, 6.45) is 1.27. The summed E-state index contributed by atoms with van der Waals surface area (Å²) in [5.74, 6) is -0.264. The Labute approximate surface area is 161 Å². The molecule has 1 heterocycles. The Hall–Kier alpha value is -2.35. The molecule has 1 atom stereocenters. The van der Waals surface area contributed by atoms with Crippen LogP contribution in [0.1, 0.15) is 10.4 Å². The number of rotatable bonds is 5. The third kappa shape index (κ3) is 4.85. The van der Waals surface area contributed by atoms with Gasteiger partial charge in [-0.2, -0.15) is 0 Å². The van der Waals surface area contributed by atoms with Gasteiger partial charge < -0.3 is 5.32 Å². The lowest BCUT2D eigenvalue weighted by molar-refractivity contribution is 0.102. The number of halogens is 1. The highest BCUT2D eigenvalue weighted by Crippen LogP contribution is 2.28. The molecule has 0 spiro atoms. The molecule has 134 valence electrons. The Morgan fingerprint density at radius 2 is 1.81 bits per heavy atom. The van der Waals surface area contributed by atoms with E-state index in [-0.39, 0.29) is 5.91 Å². The molecule has 3 rings (SSSR count). The largest absolute Gasteiger partial charge is 0.322 e. The van der Waals surface area contributed by atoms with E-state index in [1.165, 1.54) is 17.6 Å². The van der Waals surface area contributed by atoms with Crippen LogP contribution in [-0.4, -0.2) is 16.4 Å². The maximum Gasteiger partial charge on any atom is 0.256 e. The second kappa shape index (κ2) is 7.49. The van der Waals surface area contributed by atoms with E-state index in [1.54, 1.807) is 23.6 Å². The Kier molecular flexibility index (Phi) is 5.31. The average Bonchev–Trinajstić information content (AvgIpc) is 3.03. The summed E-state index contributed by atoms with van der Waals surface area (Å²) in [7, 11) is -2.94. The van der Waals surface area contributed by atoms with Crippen molar-refractivity contribution in [3.05, 3.63) is 70.6 Å². The van der Waals surface area contributed by atoms with Crippen molar-refractivity contribution >= 4 is 50.1 Å². The molecule has 0 saturated carbocycles. The summed E-state index contributed by atoms with van der Waals surface area (Å²) in [6.45, 7) is 0. The van der Waals surface area contributed by atoms with Crippen LogP contribution < -0.4 is 10.0 Å². The van der Waals surface area contributed by atoms with Gasteiger partial charge in [-0.25, -0.2) is 8.99 Å². The van der Waals surface area contributed by atoms with E-state index >= 15 is 0 Å². The lowest BCUT2D eigenvalue weighted by atomic mass is 10.1. The van der Waals surface area contributed by atoms with Crippen molar-refractivity contribution in [2.45, 2.75) is 0 Å². The molecule has 0 aliphatic rings. The van der Waals surface area contributed by atoms with Crippen LogP contribution in [0.2, 0.25) is 5.02 Å². The topological polar surface area (TPSA) is 82.1 Å². The Balaban J connectivity index is 1.79. The third-order valence-corrected chi connectivity index (χ3v) is 5.21. The molecule has 1 aromatic heterocycles. The standard InChI is InChI=1S/C18H16ClN3O2S2/c1-26(20,24)22-16-9-14(19)8-15(10-16)21-18(23)13-7-17(25-11-13)12-5-3-2-4-6-12/h2-11H,1H3,(H,21,23)(H2,20,22,24). The fourth-order valence-electron chi connectivity index (χ4n) is 2.36. The predicted octanol–water partition coefficient (Wildman–Crippen LogP) is 5.32. The molecule has 8 heteroatoms. The Morgan fingerprint density at radius 3 is 2.50 bits per heavy atom. The van der Waals surface area contributed by atoms with Gasteiger partial charge in [0, 0.05) is 27.2 Å². The second-order valence-corrected chi connectivity index (χ2v) is 8.93. The number of carbonyl (C=O) groups excluding carboxylic acids is 1. The highest BCUT2D eigenvalue weighted by molar-refractivity contribution is 7.93. The number of amides is 1. The predicted molar refractivity (Wildman–Crippen MR) is 110 cm³/mol. The lowest BCUT2D eigenvalue weighted by Crippen LogP contribution is -2.12. The van der Waals surface area contributed by atoms with E-state index in [2.05, 4.69) is 10.0 Å². The van der Waals surface area contributed by atoms with Crippen molar-refractivity contribution in [1.29, 1.82) is 4.78 Å². The van der Waals surface area contributed by atoms with Crippen molar-refractivity contribution in [2.24, 2.45) is 0 Å². The van der Waals surface area contributed by atoms with E-state index < -0.39 is 9.92 Å². The molecule has 0 radical (unpaired) electrons. The number of thiophene rings is 1. The van der Waals surface area contributed by atoms with Crippen LogP contribution in [0.3, 0.4) is 0 Å². The second-order valence-electron chi connectivity index (χ2n) is 5.69. The summed E-state index contributed by atoms with van der Waals surface area (Å²) in [6, 6.07) is 16.4. The number of hydrogen-bond donors (Lipinski definition) is 3. The lowest BCUT2D eigenvalue weighted by Gasteiger charge is -2.10.